The molecule has 2 N–H and O–H groups in total. The van der Waals surface area contributed by atoms with Crippen LogP contribution in [0.15, 0.2) is 24.3 Å². The first-order valence-electron chi connectivity index (χ1n) is 7.27. The van der Waals surface area contributed by atoms with Crippen LogP contribution in [-0.2, 0) is 4.79 Å². The summed E-state index contributed by atoms with van der Waals surface area (Å²) in [5.41, 5.74) is 1.26. The predicted octanol–water partition coefficient (Wildman–Crippen LogP) is 0.794. The highest BCUT2D eigenvalue weighted by Crippen LogP contribution is 2.18. The van der Waals surface area contributed by atoms with Crippen molar-refractivity contribution >= 4 is 22.8 Å². The average molecular weight is 302 g/mol. The van der Waals surface area contributed by atoms with Crippen LogP contribution in [0.1, 0.15) is 17.4 Å². The van der Waals surface area contributed by atoms with Crippen molar-refractivity contribution in [3.63, 3.8) is 0 Å². The van der Waals surface area contributed by atoms with Gasteiger partial charge in [-0.05, 0) is 13.0 Å². The van der Waals surface area contributed by atoms with Crippen LogP contribution in [0.3, 0.4) is 0 Å². The summed E-state index contributed by atoms with van der Waals surface area (Å²) in [5, 5.41) is 16.8. The molecular weight excluding hydrogens is 284 g/mol. The number of nitrogens with one attached hydrogen (secondary N) is 1. The second-order valence-electron chi connectivity index (χ2n) is 5.46. The number of aromatic amines is 1. The van der Waals surface area contributed by atoms with Crippen molar-refractivity contribution in [2.75, 3.05) is 26.2 Å². The minimum atomic E-state index is -0.835. The van der Waals surface area contributed by atoms with Gasteiger partial charge in [-0.3, -0.25) is 19.6 Å². The van der Waals surface area contributed by atoms with Gasteiger partial charge in [0.1, 0.15) is 6.04 Å². The summed E-state index contributed by atoms with van der Waals surface area (Å²) < 4.78 is 0. The Morgan fingerprint density at radius 1 is 1.23 bits per heavy atom. The van der Waals surface area contributed by atoms with E-state index in [1.165, 1.54) is 0 Å². The second-order valence-corrected chi connectivity index (χ2v) is 5.46. The summed E-state index contributed by atoms with van der Waals surface area (Å²) in [5.74, 6) is -0.946. The zero-order valence-electron chi connectivity index (χ0n) is 12.3. The fourth-order valence-electron chi connectivity index (χ4n) is 2.74. The largest absolute Gasteiger partial charge is 0.480 e. The van der Waals surface area contributed by atoms with Gasteiger partial charge in [0.2, 0.25) is 0 Å². The van der Waals surface area contributed by atoms with Gasteiger partial charge in [0.15, 0.2) is 5.69 Å². The second kappa shape index (κ2) is 5.76. The molecule has 1 aromatic heterocycles. The molecule has 0 aliphatic carbocycles. The number of amides is 1. The standard InChI is InChI=1S/C15H18N4O3/c1-10(15(21)22)18-6-8-19(9-7-18)14(20)13-11-4-2-3-5-12(11)16-17-13/h2-5,10H,6-9H2,1H3,(H,16,17)(H,21,22). The number of aromatic nitrogens is 2. The van der Waals surface area contributed by atoms with Gasteiger partial charge < -0.3 is 10.0 Å². The number of aliphatic carboxylic acids is 1. The summed E-state index contributed by atoms with van der Waals surface area (Å²) >= 11 is 0. The molecule has 1 fully saturated rings. The molecule has 2 aromatic rings. The Bertz CT molecular complexity index is 704. The van der Waals surface area contributed by atoms with Gasteiger partial charge in [-0.2, -0.15) is 5.10 Å². The fraction of sp³-hybridized carbons (Fsp3) is 0.400. The van der Waals surface area contributed by atoms with E-state index >= 15 is 0 Å². The maximum absolute atomic E-state index is 12.6. The molecule has 22 heavy (non-hydrogen) atoms. The van der Waals surface area contributed by atoms with E-state index in [4.69, 9.17) is 5.11 Å². The maximum Gasteiger partial charge on any atom is 0.320 e. The number of nitrogens with zero attached hydrogens (tertiary/aromatic N) is 3. The first kappa shape index (κ1) is 14.5. The summed E-state index contributed by atoms with van der Waals surface area (Å²) in [6.07, 6.45) is 0. The van der Waals surface area contributed by atoms with Crippen molar-refractivity contribution < 1.29 is 14.7 Å². The Morgan fingerprint density at radius 2 is 1.91 bits per heavy atom. The SMILES string of the molecule is CC(C(=O)O)N1CCN(C(=O)c2n[nH]c3ccccc23)CC1. The van der Waals surface area contributed by atoms with Gasteiger partial charge in [0.25, 0.3) is 5.91 Å². The van der Waals surface area contributed by atoms with Crippen molar-refractivity contribution in [3.8, 4) is 0 Å². The van der Waals surface area contributed by atoms with Gasteiger partial charge in [0.05, 0.1) is 5.52 Å². The first-order valence-corrected chi connectivity index (χ1v) is 7.27. The van der Waals surface area contributed by atoms with Gasteiger partial charge in [-0.15, -0.1) is 0 Å². The molecule has 7 nitrogen and oxygen atoms in total. The van der Waals surface area contributed by atoms with Crippen molar-refractivity contribution in [2.24, 2.45) is 0 Å². The molecule has 1 aromatic carbocycles. The first-order chi connectivity index (χ1) is 10.6. The number of carboxylic acid groups (broad SMARTS) is 1. The molecule has 1 amide bonds. The number of rotatable bonds is 3. The van der Waals surface area contributed by atoms with E-state index in [-0.39, 0.29) is 5.91 Å². The normalized spacial score (nSPS) is 17.6. The number of para-hydroxylation sites is 1. The number of carbonyl (C=O) groups excluding carboxylic acids is 1. The van der Waals surface area contributed by atoms with Crippen LogP contribution in [0, 0.1) is 0 Å². The van der Waals surface area contributed by atoms with Gasteiger partial charge >= 0.3 is 5.97 Å². The lowest BCUT2D eigenvalue weighted by Gasteiger charge is -2.36. The molecule has 0 spiro atoms. The molecule has 0 radical (unpaired) electrons. The maximum atomic E-state index is 12.6. The highest BCUT2D eigenvalue weighted by molar-refractivity contribution is 6.04. The molecule has 7 heteroatoms. The molecule has 116 valence electrons. The summed E-state index contributed by atoms with van der Waals surface area (Å²) in [6, 6.07) is 6.99. The number of carbonyl (C=O) groups is 2. The van der Waals surface area contributed by atoms with Crippen LogP contribution in [0.25, 0.3) is 10.9 Å². The van der Waals surface area contributed by atoms with E-state index < -0.39 is 12.0 Å². The van der Waals surface area contributed by atoms with Gasteiger partial charge in [-0.25, -0.2) is 0 Å². The number of hydrogen-bond acceptors (Lipinski definition) is 4. The van der Waals surface area contributed by atoms with Crippen molar-refractivity contribution in [3.05, 3.63) is 30.0 Å². The van der Waals surface area contributed by atoms with Crippen molar-refractivity contribution in [1.82, 2.24) is 20.0 Å². The zero-order chi connectivity index (χ0) is 15.7. The molecule has 1 aliphatic rings. The Morgan fingerprint density at radius 3 is 2.59 bits per heavy atom. The van der Waals surface area contributed by atoms with Gasteiger partial charge in [0, 0.05) is 31.6 Å². The van der Waals surface area contributed by atoms with Crippen LogP contribution < -0.4 is 0 Å². The fourth-order valence-corrected chi connectivity index (χ4v) is 2.74. The topological polar surface area (TPSA) is 89.5 Å². The van der Waals surface area contributed by atoms with E-state index in [0.29, 0.717) is 31.9 Å². The number of piperazine rings is 1. The Balaban J connectivity index is 1.71. The number of fused-ring (bicyclic) bond motifs is 1. The quantitative estimate of drug-likeness (QED) is 0.875. The summed E-state index contributed by atoms with van der Waals surface area (Å²) in [4.78, 5) is 27.2. The lowest BCUT2D eigenvalue weighted by atomic mass is 10.1. The summed E-state index contributed by atoms with van der Waals surface area (Å²) in [7, 11) is 0. The third-order valence-electron chi connectivity index (χ3n) is 4.18. The van der Waals surface area contributed by atoms with E-state index in [1.54, 1.807) is 11.8 Å². The number of benzene rings is 1. The molecular formula is C15H18N4O3. The molecule has 2 heterocycles. The molecule has 1 atom stereocenters. The molecule has 3 rings (SSSR count). The van der Waals surface area contributed by atoms with E-state index in [9.17, 15) is 9.59 Å². The van der Waals surface area contributed by atoms with E-state index in [2.05, 4.69) is 10.2 Å². The third kappa shape index (κ3) is 2.55. The van der Waals surface area contributed by atoms with Crippen LogP contribution in [0.2, 0.25) is 0 Å². The zero-order valence-corrected chi connectivity index (χ0v) is 12.3. The smallest absolute Gasteiger partial charge is 0.320 e. The lowest BCUT2D eigenvalue weighted by Crippen LogP contribution is -2.53. The van der Waals surface area contributed by atoms with E-state index in [1.807, 2.05) is 29.2 Å². The number of hydrogen-bond donors (Lipinski definition) is 2. The Labute approximate surface area is 127 Å². The molecule has 1 aliphatic heterocycles. The van der Waals surface area contributed by atoms with E-state index in [0.717, 1.165) is 10.9 Å². The van der Waals surface area contributed by atoms with Crippen LogP contribution in [0.5, 0.6) is 0 Å². The molecule has 1 unspecified atom stereocenters. The average Bonchev–Trinajstić information content (AvgIpc) is 2.97. The predicted molar refractivity (Wildman–Crippen MR) is 80.7 cm³/mol. The lowest BCUT2D eigenvalue weighted by molar-refractivity contribution is -0.143. The van der Waals surface area contributed by atoms with Crippen molar-refractivity contribution in [1.29, 1.82) is 0 Å². The highest BCUT2D eigenvalue weighted by atomic mass is 16.4. The molecule has 1 saturated heterocycles. The van der Waals surface area contributed by atoms with Crippen molar-refractivity contribution in [2.45, 2.75) is 13.0 Å². The monoisotopic (exact) mass is 302 g/mol. The third-order valence-corrected chi connectivity index (χ3v) is 4.18. The Hall–Kier alpha value is -2.41. The van der Waals surface area contributed by atoms with Crippen LogP contribution in [0.4, 0.5) is 0 Å². The minimum absolute atomic E-state index is 0.111. The van der Waals surface area contributed by atoms with Crippen LogP contribution in [-0.4, -0.2) is 69.2 Å². The summed E-state index contributed by atoms with van der Waals surface area (Å²) in [6.45, 7) is 3.80. The van der Waals surface area contributed by atoms with Gasteiger partial charge in [-0.1, -0.05) is 18.2 Å². The molecule has 0 bridgehead atoms. The minimum Gasteiger partial charge on any atom is -0.480 e. The molecule has 0 saturated carbocycles. The number of H-pyrrole nitrogens is 1. The Kier molecular flexibility index (Phi) is 3.81. The van der Waals surface area contributed by atoms with Crippen LogP contribution >= 0.6 is 0 Å². The highest BCUT2D eigenvalue weighted by Gasteiger charge is 2.29. The number of carboxylic acids is 1.